The first-order valence-electron chi connectivity index (χ1n) is 8.57. The Morgan fingerprint density at radius 2 is 1.89 bits per heavy atom. The van der Waals surface area contributed by atoms with Crippen LogP contribution in [0.15, 0.2) is 48.5 Å². The summed E-state index contributed by atoms with van der Waals surface area (Å²) in [6, 6.07) is 12.4. The maximum Gasteiger partial charge on any atom is 0.360 e. The third-order valence-electron chi connectivity index (χ3n) is 4.04. The van der Waals surface area contributed by atoms with Crippen molar-refractivity contribution in [2.45, 2.75) is 13.1 Å². The van der Waals surface area contributed by atoms with E-state index in [-0.39, 0.29) is 17.1 Å². The summed E-state index contributed by atoms with van der Waals surface area (Å²) in [5.41, 5.74) is 1.75. The van der Waals surface area contributed by atoms with Crippen molar-refractivity contribution in [1.82, 2.24) is 4.98 Å². The monoisotopic (exact) mass is 402 g/mol. The van der Waals surface area contributed by atoms with Crippen LogP contribution in [-0.4, -0.2) is 29.1 Å². The lowest BCUT2D eigenvalue weighted by atomic mass is 10.2. The number of carbonyl (C=O) groups excluding carboxylic acids is 1. The lowest BCUT2D eigenvalue weighted by molar-refractivity contribution is -0.384. The van der Waals surface area contributed by atoms with Gasteiger partial charge >= 0.3 is 5.97 Å². The molecule has 8 nitrogen and oxygen atoms in total. The number of hydrogen-bond acceptors (Lipinski definition) is 6. The number of aromatic nitrogens is 1. The molecule has 0 radical (unpaired) electrons. The molecule has 0 amide bonds. The summed E-state index contributed by atoms with van der Waals surface area (Å²) in [6.07, 6.45) is 0.310. The lowest BCUT2D eigenvalue weighted by Crippen LogP contribution is -2.08. The van der Waals surface area contributed by atoms with Crippen molar-refractivity contribution in [3.8, 4) is 5.75 Å². The highest BCUT2D eigenvalue weighted by Crippen LogP contribution is 2.46. The zero-order valence-electron chi connectivity index (χ0n) is 15.4. The fourth-order valence-corrected chi connectivity index (χ4v) is 4.34. The van der Waals surface area contributed by atoms with Crippen LogP contribution in [0.2, 0.25) is 0 Å². The van der Waals surface area contributed by atoms with Crippen molar-refractivity contribution >= 4 is 29.9 Å². The third kappa shape index (κ3) is 4.65. The van der Waals surface area contributed by atoms with Gasteiger partial charge in [0.15, 0.2) is 0 Å². The van der Waals surface area contributed by atoms with E-state index >= 15 is 0 Å². The van der Waals surface area contributed by atoms with E-state index in [9.17, 15) is 19.5 Å². The summed E-state index contributed by atoms with van der Waals surface area (Å²) in [5, 5.41) is 11.5. The van der Waals surface area contributed by atoms with Crippen molar-refractivity contribution in [3.63, 3.8) is 0 Å². The van der Waals surface area contributed by atoms with E-state index in [2.05, 4.69) is 4.98 Å². The summed E-state index contributed by atoms with van der Waals surface area (Å²) in [7, 11) is -2.71. The number of nitro groups is 1. The standard InChI is InChI=1S/C19H19N2O6P/c1-3-26-28(2,25)12-13-4-9-17-14(10-13)11-18(20-17)19(22)27-16-7-5-15(6-8-16)21(23)24/h4-11,20H,3,12H2,1-2H3. The Labute approximate surface area is 161 Å². The maximum absolute atomic E-state index is 12.4. The van der Waals surface area contributed by atoms with E-state index in [0.29, 0.717) is 12.8 Å². The zero-order chi connectivity index (χ0) is 20.3. The Hall–Kier alpha value is -2.96. The molecule has 3 aromatic rings. The number of H-pyrrole nitrogens is 1. The van der Waals surface area contributed by atoms with Crippen LogP contribution in [0.5, 0.6) is 5.75 Å². The molecule has 0 aliphatic heterocycles. The van der Waals surface area contributed by atoms with Gasteiger partial charge < -0.3 is 14.2 Å². The fraction of sp³-hybridized carbons (Fsp3) is 0.211. The Kier molecular flexibility index (Phi) is 5.63. The molecule has 146 valence electrons. The molecule has 0 aliphatic rings. The molecule has 1 N–H and O–H groups in total. The van der Waals surface area contributed by atoms with Gasteiger partial charge in [0.25, 0.3) is 5.69 Å². The molecule has 0 aliphatic carbocycles. The van der Waals surface area contributed by atoms with E-state index in [1.54, 1.807) is 25.7 Å². The minimum absolute atomic E-state index is 0.0850. The number of nitrogens with zero attached hydrogens (tertiary/aromatic N) is 1. The molecule has 1 heterocycles. The highest BCUT2D eigenvalue weighted by atomic mass is 31.2. The second-order valence-corrected chi connectivity index (χ2v) is 8.94. The van der Waals surface area contributed by atoms with Gasteiger partial charge in [-0.2, -0.15) is 0 Å². The van der Waals surface area contributed by atoms with E-state index in [4.69, 9.17) is 9.26 Å². The number of esters is 1. The summed E-state index contributed by atoms with van der Waals surface area (Å²) >= 11 is 0. The van der Waals surface area contributed by atoms with E-state index in [1.807, 2.05) is 12.1 Å². The molecule has 28 heavy (non-hydrogen) atoms. The molecule has 1 unspecified atom stereocenters. The second kappa shape index (κ2) is 7.96. The Balaban J connectivity index is 1.77. The molecule has 2 aromatic carbocycles. The summed E-state index contributed by atoms with van der Waals surface area (Å²) in [5.74, 6) is -0.402. The summed E-state index contributed by atoms with van der Waals surface area (Å²) in [6.45, 7) is 3.79. The topological polar surface area (TPSA) is 112 Å². The fourth-order valence-electron chi connectivity index (χ4n) is 2.84. The van der Waals surface area contributed by atoms with Crippen molar-refractivity contribution in [1.29, 1.82) is 0 Å². The van der Waals surface area contributed by atoms with Crippen LogP contribution in [-0.2, 0) is 15.3 Å². The van der Waals surface area contributed by atoms with Crippen LogP contribution in [0, 0.1) is 10.1 Å². The quantitative estimate of drug-likeness (QED) is 0.201. The van der Waals surface area contributed by atoms with Gasteiger partial charge in [0.05, 0.1) is 11.5 Å². The first-order chi connectivity index (χ1) is 13.3. The van der Waals surface area contributed by atoms with Crippen molar-refractivity contribution in [2.24, 2.45) is 0 Å². The van der Waals surface area contributed by atoms with Crippen LogP contribution < -0.4 is 4.74 Å². The van der Waals surface area contributed by atoms with E-state index in [1.165, 1.54) is 24.3 Å². The average Bonchev–Trinajstić information content (AvgIpc) is 3.05. The number of hydrogen-bond donors (Lipinski definition) is 1. The number of rotatable bonds is 7. The van der Waals surface area contributed by atoms with Gasteiger partial charge in [-0.1, -0.05) is 6.07 Å². The number of aromatic amines is 1. The van der Waals surface area contributed by atoms with Gasteiger partial charge in [0.1, 0.15) is 11.4 Å². The van der Waals surface area contributed by atoms with Crippen LogP contribution in [0.1, 0.15) is 23.0 Å². The minimum Gasteiger partial charge on any atom is -0.422 e. The predicted molar refractivity (Wildman–Crippen MR) is 105 cm³/mol. The Morgan fingerprint density at radius 1 is 1.18 bits per heavy atom. The summed E-state index contributed by atoms with van der Waals surface area (Å²) < 4.78 is 22.9. The molecule has 0 saturated carbocycles. The number of nitro benzene ring substituents is 1. The molecular formula is C19H19N2O6P. The van der Waals surface area contributed by atoms with Gasteiger partial charge in [0.2, 0.25) is 7.37 Å². The SMILES string of the molecule is CCOP(C)(=O)Cc1ccc2[nH]c(C(=O)Oc3ccc([N+](=O)[O-])cc3)cc2c1. The van der Waals surface area contributed by atoms with Gasteiger partial charge in [-0.3, -0.25) is 14.7 Å². The average molecular weight is 402 g/mol. The molecule has 9 heteroatoms. The van der Waals surface area contributed by atoms with Gasteiger partial charge in [-0.05, 0) is 42.8 Å². The van der Waals surface area contributed by atoms with Crippen LogP contribution in [0.4, 0.5) is 5.69 Å². The highest BCUT2D eigenvalue weighted by molar-refractivity contribution is 7.57. The first-order valence-corrected chi connectivity index (χ1v) is 10.8. The molecule has 1 aromatic heterocycles. The smallest absolute Gasteiger partial charge is 0.360 e. The van der Waals surface area contributed by atoms with Crippen LogP contribution >= 0.6 is 7.37 Å². The Morgan fingerprint density at radius 3 is 2.54 bits per heavy atom. The van der Waals surface area contributed by atoms with Crippen LogP contribution in [0.25, 0.3) is 10.9 Å². The number of ether oxygens (including phenoxy) is 1. The van der Waals surface area contributed by atoms with Crippen molar-refractivity contribution in [3.05, 3.63) is 69.9 Å². The largest absolute Gasteiger partial charge is 0.422 e. The third-order valence-corrected chi connectivity index (χ3v) is 5.78. The van der Waals surface area contributed by atoms with Gasteiger partial charge in [-0.15, -0.1) is 0 Å². The first kappa shape index (κ1) is 19.8. The molecule has 0 saturated heterocycles. The second-order valence-electron chi connectivity index (χ2n) is 6.34. The van der Waals surface area contributed by atoms with Crippen molar-refractivity contribution < 1.29 is 23.5 Å². The lowest BCUT2D eigenvalue weighted by Gasteiger charge is -2.12. The number of fused-ring (bicyclic) bond motifs is 1. The van der Waals surface area contributed by atoms with Gasteiger partial charge in [-0.25, -0.2) is 4.79 Å². The predicted octanol–water partition coefficient (Wildman–Crippen LogP) is 4.74. The molecular weight excluding hydrogens is 383 g/mol. The maximum atomic E-state index is 12.4. The number of non-ortho nitro benzene ring substituents is 1. The number of benzene rings is 2. The molecule has 3 rings (SSSR count). The van der Waals surface area contributed by atoms with E-state index in [0.717, 1.165) is 16.5 Å². The Bertz CT molecular complexity index is 1070. The van der Waals surface area contributed by atoms with Gasteiger partial charge in [0, 0.05) is 35.9 Å². The van der Waals surface area contributed by atoms with E-state index < -0.39 is 18.3 Å². The normalized spacial score (nSPS) is 13.2. The van der Waals surface area contributed by atoms with Crippen molar-refractivity contribution in [2.75, 3.05) is 13.3 Å². The minimum atomic E-state index is -2.71. The molecule has 0 fully saturated rings. The summed E-state index contributed by atoms with van der Waals surface area (Å²) in [4.78, 5) is 25.5. The van der Waals surface area contributed by atoms with Crippen LogP contribution in [0.3, 0.4) is 0 Å². The molecule has 1 atom stereocenters. The molecule has 0 bridgehead atoms. The number of carbonyl (C=O) groups is 1. The number of nitrogens with one attached hydrogen (secondary N) is 1. The zero-order valence-corrected chi connectivity index (χ0v) is 16.3. The molecule has 0 spiro atoms. The highest BCUT2D eigenvalue weighted by Gasteiger charge is 2.17.